The molecule has 0 spiro atoms. The topological polar surface area (TPSA) is 279 Å². The average molecular weight is 857 g/mol. The van der Waals surface area contributed by atoms with Crippen LogP contribution in [0.4, 0.5) is 11.6 Å². The first-order chi connectivity index (χ1) is 28.9. The van der Waals surface area contributed by atoms with Crippen molar-refractivity contribution in [3.8, 4) is 11.1 Å². The number of aliphatic hydroxyl groups excluding tert-OH is 5. The number of nitrogen functional groups attached to an aromatic ring is 2. The molecule has 3 aromatic rings. The zero-order valence-electron chi connectivity index (χ0n) is 34.7. The van der Waals surface area contributed by atoms with Gasteiger partial charge in [-0.15, -0.1) is 0 Å². The highest BCUT2D eigenvalue weighted by Gasteiger charge is 2.18. The number of aliphatic hydroxyl groups is 5. The number of hydrogen-bond donors (Lipinski definition) is 10. The zero-order valence-corrected chi connectivity index (χ0v) is 35.4. The van der Waals surface area contributed by atoms with Crippen LogP contribution in [-0.2, 0) is 17.6 Å². The van der Waals surface area contributed by atoms with Gasteiger partial charge in [0.2, 0.25) is 5.91 Å². The maximum atomic E-state index is 12.5. The highest BCUT2D eigenvalue weighted by atomic mass is 35.5. The third kappa shape index (κ3) is 19.8. The molecule has 0 aliphatic carbocycles. The van der Waals surface area contributed by atoms with Gasteiger partial charge in [-0.1, -0.05) is 66.6 Å². The summed E-state index contributed by atoms with van der Waals surface area (Å²) < 4.78 is 0. The number of aryl methyl sites for hydroxylation is 2. The fourth-order valence-corrected chi connectivity index (χ4v) is 6.78. The van der Waals surface area contributed by atoms with Gasteiger partial charge in [-0.05, 0) is 99.4 Å². The lowest BCUT2D eigenvalue weighted by Gasteiger charge is -2.27. The van der Waals surface area contributed by atoms with Gasteiger partial charge >= 0.3 is 0 Å². The van der Waals surface area contributed by atoms with Gasteiger partial charge in [0.1, 0.15) is 0 Å². The zero-order chi connectivity index (χ0) is 43.7. The molecule has 0 saturated carbocycles. The van der Waals surface area contributed by atoms with Crippen molar-refractivity contribution in [1.82, 2.24) is 25.5 Å². The number of carbonyl (C=O) groups excluding carboxylic acids is 2. The molecule has 0 bridgehead atoms. The molecule has 0 aliphatic rings. The molecule has 0 fully saturated rings. The third-order valence-electron chi connectivity index (χ3n) is 10.1. The van der Waals surface area contributed by atoms with Crippen LogP contribution in [0.5, 0.6) is 0 Å². The van der Waals surface area contributed by atoms with Gasteiger partial charge in [0.15, 0.2) is 28.4 Å². The van der Waals surface area contributed by atoms with Crippen LogP contribution in [0, 0.1) is 0 Å². The Kier molecular flexibility index (Phi) is 23.4. The van der Waals surface area contributed by atoms with Gasteiger partial charge in [-0.25, -0.2) is 9.97 Å². The number of hydrogen-bond acceptors (Lipinski definition) is 13. The Morgan fingerprint density at radius 2 is 1.40 bits per heavy atom. The standard InChI is InChI=1S/C43H66ClN9O7/c44-39-41(46)51-40(45)38(50-39)42(60)52-43(47)49-22-4-3-8-30-12-16-32(17-13-30)33-18-14-31(15-19-33)9-6-23-48-37(59)11-2-1-5-24-53(25-20-34(56)10-7-26-54)29-36(58)28-35(57)21-27-55/h12-19,34-36,54-58H,1-11,20-29H2,(H,48,59)(H4,45,46,51)(H3,47,49,52,60). The van der Waals surface area contributed by atoms with Crippen molar-refractivity contribution in [2.24, 2.45) is 10.7 Å². The van der Waals surface area contributed by atoms with E-state index in [1.165, 1.54) is 11.1 Å². The lowest BCUT2D eigenvalue weighted by molar-refractivity contribution is -0.121. The van der Waals surface area contributed by atoms with Gasteiger partial charge in [0.25, 0.3) is 5.91 Å². The van der Waals surface area contributed by atoms with E-state index in [1.807, 2.05) is 0 Å². The number of anilines is 2. The van der Waals surface area contributed by atoms with Crippen molar-refractivity contribution in [2.75, 3.05) is 57.4 Å². The van der Waals surface area contributed by atoms with E-state index in [9.17, 15) is 24.9 Å². The minimum atomic E-state index is -0.769. The number of guanidine groups is 1. The minimum absolute atomic E-state index is 0.0362. The SMILES string of the molecule is NC(=NCCCCc1ccc(-c2ccc(CCCNC(=O)CCCCCN(CCC(O)CCCO)CC(O)CC(O)CCO)cc2)cc1)NC(=O)c1nc(Cl)c(N)nc1N. The number of nitrogens with two attached hydrogens (primary N) is 3. The van der Waals surface area contributed by atoms with Crippen LogP contribution in [0.1, 0.15) is 98.7 Å². The van der Waals surface area contributed by atoms with Crippen LogP contribution in [0.15, 0.2) is 53.5 Å². The molecular formula is C43H66ClN9O7. The minimum Gasteiger partial charge on any atom is -0.396 e. The van der Waals surface area contributed by atoms with Crippen LogP contribution in [-0.4, -0.2) is 122 Å². The van der Waals surface area contributed by atoms with Gasteiger partial charge < -0.3 is 53.0 Å². The Morgan fingerprint density at radius 3 is 2.05 bits per heavy atom. The van der Waals surface area contributed by atoms with Crippen LogP contribution in [0.3, 0.4) is 0 Å². The molecule has 0 radical (unpaired) electrons. The number of carbonyl (C=O) groups is 2. The summed E-state index contributed by atoms with van der Waals surface area (Å²) >= 11 is 5.84. The van der Waals surface area contributed by atoms with E-state index in [-0.39, 0.29) is 60.4 Å². The highest BCUT2D eigenvalue weighted by molar-refractivity contribution is 6.31. The third-order valence-corrected chi connectivity index (χ3v) is 10.3. The van der Waals surface area contributed by atoms with Gasteiger partial charge in [-0.2, -0.15) is 0 Å². The summed E-state index contributed by atoms with van der Waals surface area (Å²) in [5, 5.41) is 54.1. The molecule has 1 aromatic heterocycles. The summed E-state index contributed by atoms with van der Waals surface area (Å²) in [6.07, 6.45) is 7.05. The molecule has 3 rings (SSSR count). The Balaban J connectivity index is 1.29. The summed E-state index contributed by atoms with van der Waals surface area (Å²) in [7, 11) is 0. The molecule has 2 amide bonds. The lowest BCUT2D eigenvalue weighted by Crippen LogP contribution is -2.38. The Labute approximate surface area is 358 Å². The van der Waals surface area contributed by atoms with Crippen molar-refractivity contribution >= 4 is 41.0 Å². The molecule has 3 unspecified atom stereocenters. The average Bonchev–Trinajstić information content (AvgIpc) is 3.22. The van der Waals surface area contributed by atoms with Gasteiger partial charge in [0, 0.05) is 52.2 Å². The van der Waals surface area contributed by atoms with Crippen molar-refractivity contribution in [1.29, 1.82) is 0 Å². The number of unbranched alkanes of at least 4 members (excludes halogenated alkanes) is 3. The lowest BCUT2D eigenvalue weighted by atomic mass is 9.99. The molecule has 17 heteroatoms. The normalized spacial score (nSPS) is 13.3. The number of nitrogens with zero attached hydrogens (tertiary/aromatic N) is 4. The first-order valence-electron chi connectivity index (χ1n) is 21.0. The first-order valence-corrected chi connectivity index (χ1v) is 21.4. The van der Waals surface area contributed by atoms with E-state index < -0.39 is 24.2 Å². The maximum Gasteiger partial charge on any atom is 0.280 e. The predicted molar refractivity (Wildman–Crippen MR) is 236 cm³/mol. The second-order valence-electron chi connectivity index (χ2n) is 15.1. The summed E-state index contributed by atoms with van der Waals surface area (Å²) in [6.45, 7) is 2.58. The summed E-state index contributed by atoms with van der Waals surface area (Å²) in [5.41, 5.74) is 21.6. The Bertz CT molecular complexity index is 1740. The number of amides is 2. The van der Waals surface area contributed by atoms with Crippen molar-refractivity contribution in [2.45, 2.75) is 108 Å². The number of nitrogens with one attached hydrogen (secondary N) is 2. The summed E-state index contributed by atoms with van der Waals surface area (Å²) in [4.78, 5) is 38.8. The number of rotatable bonds is 29. The monoisotopic (exact) mass is 855 g/mol. The molecule has 0 saturated heterocycles. The van der Waals surface area contributed by atoms with Crippen LogP contribution >= 0.6 is 11.6 Å². The molecule has 3 atom stereocenters. The van der Waals surface area contributed by atoms with Gasteiger partial charge in [-0.3, -0.25) is 19.9 Å². The van der Waals surface area contributed by atoms with Gasteiger partial charge in [0.05, 0.1) is 18.3 Å². The second kappa shape index (κ2) is 28.2. The van der Waals surface area contributed by atoms with E-state index in [0.717, 1.165) is 62.5 Å². The fourth-order valence-electron chi connectivity index (χ4n) is 6.65. The predicted octanol–water partition coefficient (Wildman–Crippen LogP) is 2.96. The molecule has 60 heavy (non-hydrogen) atoms. The smallest absolute Gasteiger partial charge is 0.280 e. The van der Waals surface area contributed by atoms with Crippen LogP contribution < -0.4 is 27.8 Å². The maximum absolute atomic E-state index is 12.5. The molecule has 2 aromatic carbocycles. The largest absolute Gasteiger partial charge is 0.396 e. The Hall–Kier alpha value is -4.42. The summed E-state index contributed by atoms with van der Waals surface area (Å²) in [6, 6.07) is 17.0. The number of aliphatic imine (C=N–C) groups is 1. The quantitative estimate of drug-likeness (QED) is 0.0274. The van der Waals surface area contributed by atoms with E-state index in [2.05, 4.69) is 79.0 Å². The molecule has 1 heterocycles. The van der Waals surface area contributed by atoms with Crippen molar-refractivity contribution < 1.29 is 35.1 Å². The van der Waals surface area contributed by atoms with E-state index in [1.54, 1.807) is 0 Å². The molecule has 16 nitrogen and oxygen atoms in total. The van der Waals surface area contributed by atoms with Crippen LogP contribution in [0.2, 0.25) is 5.15 Å². The fraction of sp³-hybridized carbons (Fsp3) is 0.558. The molecule has 0 aliphatic heterocycles. The summed E-state index contributed by atoms with van der Waals surface area (Å²) in [5.74, 6) is -0.920. The van der Waals surface area contributed by atoms with E-state index in [4.69, 9.17) is 39.0 Å². The van der Waals surface area contributed by atoms with E-state index in [0.29, 0.717) is 58.4 Å². The van der Waals surface area contributed by atoms with E-state index >= 15 is 0 Å². The number of halogens is 1. The van der Waals surface area contributed by atoms with Crippen molar-refractivity contribution in [3.63, 3.8) is 0 Å². The molecule has 332 valence electrons. The molecular weight excluding hydrogens is 790 g/mol. The van der Waals surface area contributed by atoms with Crippen molar-refractivity contribution in [3.05, 3.63) is 70.5 Å². The first kappa shape index (κ1) is 49.9. The second-order valence-corrected chi connectivity index (χ2v) is 15.5. The molecule has 13 N–H and O–H groups in total. The highest BCUT2D eigenvalue weighted by Crippen LogP contribution is 2.22. The Morgan fingerprint density at radius 1 is 0.733 bits per heavy atom. The number of benzene rings is 2. The van der Waals surface area contributed by atoms with Crippen LogP contribution in [0.25, 0.3) is 11.1 Å². The number of aromatic nitrogens is 2.